The van der Waals surface area contributed by atoms with Crippen molar-refractivity contribution in [3.05, 3.63) is 29.8 Å². The Labute approximate surface area is 116 Å². The summed E-state index contributed by atoms with van der Waals surface area (Å²) in [7, 11) is 0. The van der Waals surface area contributed by atoms with E-state index in [-0.39, 0.29) is 17.7 Å². The van der Waals surface area contributed by atoms with Gasteiger partial charge in [-0.3, -0.25) is 10.1 Å². The molecule has 0 heterocycles. The summed E-state index contributed by atoms with van der Waals surface area (Å²) >= 11 is 0. The number of carboxylic acids is 1. The third-order valence-electron chi connectivity index (χ3n) is 2.95. The molecule has 4 nitrogen and oxygen atoms in total. The van der Waals surface area contributed by atoms with Gasteiger partial charge in [-0.05, 0) is 30.5 Å². The van der Waals surface area contributed by atoms with Crippen LogP contribution >= 0.6 is 0 Å². The number of benzene rings is 1. The van der Waals surface area contributed by atoms with E-state index in [1.54, 1.807) is 32.9 Å². The fraction of sp³-hybridized carbons (Fsp3) is 0.500. The Morgan fingerprint density at radius 2 is 1.95 bits per heavy atom. The molecule has 0 amide bonds. The molecule has 0 bridgehead atoms. The molecule has 1 aromatic rings. The quantitative estimate of drug-likeness (QED) is 0.809. The Kier molecular flexibility index (Phi) is 5.88. The molecule has 0 fully saturated rings. The van der Waals surface area contributed by atoms with Gasteiger partial charge in [0, 0.05) is 6.04 Å². The van der Waals surface area contributed by atoms with E-state index in [4.69, 9.17) is 5.11 Å². The zero-order chi connectivity index (χ0) is 15.3. The van der Waals surface area contributed by atoms with Crippen molar-refractivity contribution in [2.45, 2.75) is 39.5 Å². The summed E-state index contributed by atoms with van der Waals surface area (Å²) in [5.74, 6) is -0.968. The van der Waals surface area contributed by atoms with Crippen molar-refractivity contribution in [3.8, 4) is 5.75 Å². The molecule has 0 aromatic heterocycles. The van der Waals surface area contributed by atoms with Crippen LogP contribution in [-0.4, -0.2) is 23.7 Å². The topological polar surface area (TPSA) is 58.6 Å². The largest absolute Gasteiger partial charge is 0.480 e. The van der Waals surface area contributed by atoms with E-state index in [2.05, 4.69) is 10.1 Å². The van der Waals surface area contributed by atoms with Crippen LogP contribution in [0.2, 0.25) is 0 Å². The minimum atomic E-state index is -2.88. The number of aliphatic carboxylic acids is 1. The first kappa shape index (κ1) is 16.4. The molecule has 1 aromatic carbocycles. The molecule has 2 atom stereocenters. The number of hydrogen-bond donors (Lipinski definition) is 2. The number of rotatable bonds is 7. The first-order valence-corrected chi connectivity index (χ1v) is 6.35. The van der Waals surface area contributed by atoms with Crippen LogP contribution in [0.25, 0.3) is 0 Å². The van der Waals surface area contributed by atoms with Gasteiger partial charge in [-0.15, -0.1) is 0 Å². The van der Waals surface area contributed by atoms with Crippen molar-refractivity contribution in [1.82, 2.24) is 5.32 Å². The summed E-state index contributed by atoms with van der Waals surface area (Å²) < 4.78 is 28.6. The highest BCUT2D eigenvalue weighted by Gasteiger charge is 2.23. The maximum atomic E-state index is 12.2. The number of halogens is 2. The van der Waals surface area contributed by atoms with Gasteiger partial charge in [0.2, 0.25) is 0 Å². The van der Waals surface area contributed by atoms with Crippen LogP contribution in [0.5, 0.6) is 5.75 Å². The van der Waals surface area contributed by atoms with Gasteiger partial charge in [-0.1, -0.05) is 26.0 Å². The van der Waals surface area contributed by atoms with Crippen molar-refractivity contribution >= 4 is 5.97 Å². The van der Waals surface area contributed by atoms with Crippen LogP contribution in [0.4, 0.5) is 8.78 Å². The van der Waals surface area contributed by atoms with E-state index < -0.39 is 18.6 Å². The number of alkyl halides is 2. The standard InChI is InChI=1S/C14H19F2NO3/c1-8(2)12(13(18)19)17-9(3)10-5-4-6-11(7-10)20-14(15)16/h4-9,12,14,17H,1-3H3,(H,18,19). The zero-order valence-corrected chi connectivity index (χ0v) is 11.6. The second-order valence-electron chi connectivity index (χ2n) is 4.90. The Morgan fingerprint density at radius 1 is 1.30 bits per heavy atom. The molecular weight excluding hydrogens is 268 g/mol. The fourth-order valence-corrected chi connectivity index (χ4v) is 1.87. The number of carbonyl (C=O) groups is 1. The van der Waals surface area contributed by atoms with Gasteiger partial charge in [-0.25, -0.2) is 0 Å². The Hall–Kier alpha value is -1.69. The summed E-state index contributed by atoms with van der Waals surface area (Å²) in [5.41, 5.74) is 0.690. The third-order valence-corrected chi connectivity index (χ3v) is 2.95. The second-order valence-corrected chi connectivity index (χ2v) is 4.90. The van der Waals surface area contributed by atoms with E-state index in [1.165, 1.54) is 12.1 Å². The molecule has 20 heavy (non-hydrogen) atoms. The average Bonchev–Trinajstić information content (AvgIpc) is 2.34. The van der Waals surface area contributed by atoms with Gasteiger partial charge in [0.05, 0.1) is 0 Å². The molecule has 0 saturated heterocycles. The van der Waals surface area contributed by atoms with Crippen LogP contribution in [0, 0.1) is 5.92 Å². The van der Waals surface area contributed by atoms with Crippen molar-refractivity contribution in [1.29, 1.82) is 0 Å². The molecule has 1 rings (SSSR count). The van der Waals surface area contributed by atoms with Gasteiger partial charge < -0.3 is 9.84 Å². The molecular formula is C14H19F2NO3. The average molecular weight is 287 g/mol. The van der Waals surface area contributed by atoms with Gasteiger partial charge in [0.15, 0.2) is 0 Å². The van der Waals surface area contributed by atoms with Crippen molar-refractivity contribution < 1.29 is 23.4 Å². The Morgan fingerprint density at radius 3 is 2.45 bits per heavy atom. The number of carboxylic acid groups (broad SMARTS) is 1. The summed E-state index contributed by atoms with van der Waals surface area (Å²) in [6.45, 7) is 2.50. The number of ether oxygens (including phenoxy) is 1. The van der Waals surface area contributed by atoms with Gasteiger partial charge in [-0.2, -0.15) is 8.78 Å². The Bertz CT molecular complexity index is 452. The van der Waals surface area contributed by atoms with Crippen LogP contribution in [0.15, 0.2) is 24.3 Å². The van der Waals surface area contributed by atoms with E-state index in [0.29, 0.717) is 5.56 Å². The van der Waals surface area contributed by atoms with Crippen molar-refractivity contribution in [2.24, 2.45) is 5.92 Å². The molecule has 0 saturated carbocycles. The maximum absolute atomic E-state index is 12.2. The molecule has 2 unspecified atom stereocenters. The highest BCUT2D eigenvalue weighted by atomic mass is 19.3. The van der Waals surface area contributed by atoms with Gasteiger partial charge in [0.25, 0.3) is 0 Å². The minimum Gasteiger partial charge on any atom is -0.480 e. The summed E-state index contributed by atoms with van der Waals surface area (Å²) in [6.07, 6.45) is 0. The predicted molar refractivity (Wildman–Crippen MR) is 70.9 cm³/mol. The van der Waals surface area contributed by atoms with Crippen LogP contribution in [0.3, 0.4) is 0 Å². The molecule has 2 N–H and O–H groups in total. The van der Waals surface area contributed by atoms with Crippen LogP contribution < -0.4 is 10.1 Å². The lowest BCUT2D eigenvalue weighted by Gasteiger charge is -2.23. The Balaban J connectivity index is 2.81. The molecule has 0 radical (unpaired) electrons. The van der Waals surface area contributed by atoms with Gasteiger partial charge in [0.1, 0.15) is 11.8 Å². The van der Waals surface area contributed by atoms with E-state index >= 15 is 0 Å². The monoisotopic (exact) mass is 287 g/mol. The molecule has 0 spiro atoms. The SMILES string of the molecule is CC(NC(C(=O)O)C(C)C)c1cccc(OC(F)F)c1. The predicted octanol–water partition coefficient (Wildman–Crippen LogP) is 3.05. The lowest BCUT2D eigenvalue weighted by atomic mass is 10.0. The smallest absolute Gasteiger partial charge is 0.387 e. The fourth-order valence-electron chi connectivity index (χ4n) is 1.87. The third kappa shape index (κ3) is 4.77. The first-order valence-electron chi connectivity index (χ1n) is 6.35. The van der Waals surface area contributed by atoms with Crippen LogP contribution in [-0.2, 0) is 4.79 Å². The molecule has 0 aliphatic carbocycles. The van der Waals surface area contributed by atoms with E-state index in [0.717, 1.165) is 0 Å². The van der Waals surface area contributed by atoms with Gasteiger partial charge >= 0.3 is 12.6 Å². The van der Waals surface area contributed by atoms with Crippen molar-refractivity contribution in [2.75, 3.05) is 0 Å². The first-order chi connectivity index (χ1) is 9.31. The molecule has 0 aliphatic heterocycles. The maximum Gasteiger partial charge on any atom is 0.387 e. The lowest BCUT2D eigenvalue weighted by Crippen LogP contribution is -2.42. The minimum absolute atomic E-state index is 0.0579. The number of hydrogen-bond acceptors (Lipinski definition) is 3. The van der Waals surface area contributed by atoms with Crippen LogP contribution in [0.1, 0.15) is 32.4 Å². The molecule has 0 aliphatic rings. The zero-order valence-electron chi connectivity index (χ0n) is 11.6. The van der Waals surface area contributed by atoms with Crippen molar-refractivity contribution in [3.63, 3.8) is 0 Å². The molecule has 112 valence electrons. The highest BCUT2D eigenvalue weighted by Crippen LogP contribution is 2.21. The summed E-state index contributed by atoms with van der Waals surface area (Å²) in [6, 6.07) is 5.23. The van der Waals surface area contributed by atoms with E-state index in [9.17, 15) is 13.6 Å². The summed E-state index contributed by atoms with van der Waals surface area (Å²) in [5, 5.41) is 12.1. The normalized spacial score (nSPS) is 14.3. The highest BCUT2D eigenvalue weighted by molar-refractivity contribution is 5.73. The lowest BCUT2D eigenvalue weighted by molar-refractivity contribution is -0.140. The molecule has 6 heteroatoms. The second kappa shape index (κ2) is 7.19. The van der Waals surface area contributed by atoms with E-state index in [1.807, 2.05) is 0 Å². The number of nitrogens with one attached hydrogen (secondary N) is 1. The summed E-state index contributed by atoms with van der Waals surface area (Å²) in [4.78, 5) is 11.1.